The van der Waals surface area contributed by atoms with Crippen LogP contribution in [0.15, 0.2) is 54.6 Å². The number of hydrogen-bond acceptors (Lipinski definition) is 3. The van der Waals surface area contributed by atoms with E-state index in [9.17, 15) is 4.79 Å². The standard InChI is InChI=1S/C20H26N2O2/c1-16(6-5-9-17-7-3-2-4-8-17)20(23)22-18-10-12-19(13-11-18)24-15-14-21/h2-4,7-8,10-13,16H,5-6,9,14-15,21H2,1H3,(H,22,23). The molecule has 0 saturated carbocycles. The molecule has 4 heteroatoms. The summed E-state index contributed by atoms with van der Waals surface area (Å²) in [6.45, 7) is 2.95. The van der Waals surface area contributed by atoms with Crippen LogP contribution in [0.25, 0.3) is 0 Å². The van der Waals surface area contributed by atoms with Crippen molar-refractivity contribution in [1.82, 2.24) is 0 Å². The van der Waals surface area contributed by atoms with E-state index in [2.05, 4.69) is 17.4 Å². The summed E-state index contributed by atoms with van der Waals surface area (Å²) in [5.41, 5.74) is 7.51. The Bertz CT molecular complexity index is 611. The van der Waals surface area contributed by atoms with Crippen LogP contribution in [0, 0.1) is 5.92 Å². The molecule has 0 spiro atoms. The van der Waals surface area contributed by atoms with Gasteiger partial charge in [0.05, 0.1) is 0 Å². The fourth-order valence-corrected chi connectivity index (χ4v) is 2.46. The Morgan fingerprint density at radius 2 is 1.83 bits per heavy atom. The summed E-state index contributed by atoms with van der Waals surface area (Å²) < 4.78 is 5.42. The number of aryl methyl sites for hydroxylation is 1. The summed E-state index contributed by atoms with van der Waals surface area (Å²) in [5.74, 6) is 0.801. The van der Waals surface area contributed by atoms with Gasteiger partial charge in [-0.15, -0.1) is 0 Å². The van der Waals surface area contributed by atoms with Crippen LogP contribution in [-0.2, 0) is 11.2 Å². The van der Waals surface area contributed by atoms with Crippen molar-refractivity contribution in [2.45, 2.75) is 26.2 Å². The second-order valence-electron chi connectivity index (χ2n) is 5.93. The molecule has 24 heavy (non-hydrogen) atoms. The van der Waals surface area contributed by atoms with Crippen molar-refractivity contribution in [3.63, 3.8) is 0 Å². The van der Waals surface area contributed by atoms with Gasteiger partial charge in [-0.25, -0.2) is 0 Å². The SMILES string of the molecule is CC(CCCc1ccccc1)C(=O)Nc1ccc(OCCN)cc1. The van der Waals surface area contributed by atoms with E-state index < -0.39 is 0 Å². The van der Waals surface area contributed by atoms with Gasteiger partial charge in [0.15, 0.2) is 0 Å². The Balaban J connectivity index is 1.74. The molecule has 1 unspecified atom stereocenters. The monoisotopic (exact) mass is 326 g/mol. The van der Waals surface area contributed by atoms with Gasteiger partial charge in [0.25, 0.3) is 0 Å². The molecule has 0 fully saturated rings. The van der Waals surface area contributed by atoms with Crippen molar-refractivity contribution >= 4 is 11.6 Å². The average molecular weight is 326 g/mol. The molecule has 4 nitrogen and oxygen atoms in total. The van der Waals surface area contributed by atoms with Crippen molar-refractivity contribution in [2.24, 2.45) is 11.7 Å². The first-order valence-electron chi connectivity index (χ1n) is 8.47. The molecule has 0 radical (unpaired) electrons. The number of rotatable bonds is 9. The molecule has 2 rings (SSSR count). The molecular formula is C20H26N2O2. The van der Waals surface area contributed by atoms with Crippen LogP contribution in [0.2, 0.25) is 0 Å². The zero-order chi connectivity index (χ0) is 17.2. The van der Waals surface area contributed by atoms with Crippen molar-refractivity contribution in [1.29, 1.82) is 0 Å². The third kappa shape index (κ3) is 6.05. The highest BCUT2D eigenvalue weighted by Gasteiger charge is 2.12. The zero-order valence-corrected chi connectivity index (χ0v) is 14.2. The van der Waals surface area contributed by atoms with Gasteiger partial charge in [0, 0.05) is 18.2 Å². The number of nitrogens with two attached hydrogens (primary N) is 1. The van der Waals surface area contributed by atoms with Gasteiger partial charge in [-0.1, -0.05) is 37.3 Å². The summed E-state index contributed by atoms with van der Waals surface area (Å²) in [7, 11) is 0. The van der Waals surface area contributed by atoms with E-state index in [1.165, 1.54) is 5.56 Å². The minimum atomic E-state index is -0.0121. The number of hydrogen-bond donors (Lipinski definition) is 2. The number of anilines is 1. The Morgan fingerprint density at radius 1 is 1.12 bits per heavy atom. The molecule has 2 aromatic rings. The molecule has 0 aliphatic carbocycles. The van der Waals surface area contributed by atoms with Crippen LogP contribution in [-0.4, -0.2) is 19.1 Å². The van der Waals surface area contributed by atoms with E-state index in [1.54, 1.807) is 0 Å². The molecular weight excluding hydrogens is 300 g/mol. The lowest BCUT2D eigenvalue weighted by atomic mass is 10.0. The second-order valence-corrected chi connectivity index (χ2v) is 5.93. The molecule has 0 heterocycles. The molecule has 0 saturated heterocycles. The molecule has 0 aliphatic rings. The predicted molar refractivity (Wildman–Crippen MR) is 98.2 cm³/mol. The van der Waals surface area contributed by atoms with Crippen LogP contribution in [0.4, 0.5) is 5.69 Å². The maximum atomic E-state index is 12.3. The Kier molecular flexibility index (Phi) is 7.30. The summed E-state index contributed by atoms with van der Waals surface area (Å²) in [6.07, 6.45) is 2.88. The fourth-order valence-electron chi connectivity index (χ4n) is 2.46. The number of carbonyl (C=O) groups excluding carboxylic acids is 1. The van der Waals surface area contributed by atoms with Crippen molar-refractivity contribution in [2.75, 3.05) is 18.5 Å². The van der Waals surface area contributed by atoms with E-state index in [1.807, 2.05) is 49.4 Å². The Hall–Kier alpha value is -2.33. The van der Waals surface area contributed by atoms with Gasteiger partial charge in [0.2, 0.25) is 5.91 Å². The third-order valence-electron chi connectivity index (χ3n) is 3.90. The number of benzene rings is 2. The van der Waals surface area contributed by atoms with Crippen molar-refractivity contribution in [3.05, 3.63) is 60.2 Å². The number of ether oxygens (including phenoxy) is 1. The van der Waals surface area contributed by atoms with Crippen LogP contribution >= 0.6 is 0 Å². The number of amides is 1. The minimum absolute atomic E-state index is 0.0121. The average Bonchev–Trinajstić information content (AvgIpc) is 2.62. The third-order valence-corrected chi connectivity index (χ3v) is 3.90. The maximum Gasteiger partial charge on any atom is 0.227 e. The fraction of sp³-hybridized carbons (Fsp3) is 0.350. The van der Waals surface area contributed by atoms with E-state index in [-0.39, 0.29) is 11.8 Å². The van der Waals surface area contributed by atoms with Gasteiger partial charge in [-0.05, 0) is 49.1 Å². The van der Waals surface area contributed by atoms with Gasteiger partial charge >= 0.3 is 0 Å². The first-order chi connectivity index (χ1) is 11.7. The molecule has 2 aromatic carbocycles. The summed E-state index contributed by atoms with van der Waals surface area (Å²) >= 11 is 0. The van der Waals surface area contributed by atoms with E-state index in [0.29, 0.717) is 13.2 Å². The summed E-state index contributed by atoms with van der Waals surface area (Å²) in [6, 6.07) is 17.7. The normalized spacial score (nSPS) is 11.8. The van der Waals surface area contributed by atoms with E-state index in [0.717, 1.165) is 30.7 Å². The predicted octanol–water partition coefficient (Wildman–Crippen LogP) is 3.62. The second kappa shape index (κ2) is 9.73. The van der Waals surface area contributed by atoms with Gasteiger partial charge in [0.1, 0.15) is 12.4 Å². The van der Waals surface area contributed by atoms with Crippen LogP contribution < -0.4 is 15.8 Å². The lowest BCUT2D eigenvalue weighted by Gasteiger charge is -2.13. The van der Waals surface area contributed by atoms with E-state index >= 15 is 0 Å². The number of nitrogens with one attached hydrogen (secondary N) is 1. The number of carbonyl (C=O) groups is 1. The highest BCUT2D eigenvalue weighted by Crippen LogP contribution is 2.17. The molecule has 1 atom stereocenters. The lowest BCUT2D eigenvalue weighted by molar-refractivity contribution is -0.119. The highest BCUT2D eigenvalue weighted by atomic mass is 16.5. The van der Waals surface area contributed by atoms with Crippen molar-refractivity contribution < 1.29 is 9.53 Å². The van der Waals surface area contributed by atoms with Crippen LogP contribution in [0.3, 0.4) is 0 Å². The van der Waals surface area contributed by atoms with Gasteiger partial charge < -0.3 is 15.8 Å². The molecule has 0 aromatic heterocycles. The molecule has 0 bridgehead atoms. The Labute approximate surface area is 144 Å². The first kappa shape index (κ1) is 18.0. The molecule has 3 N–H and O–H groups in total. The highest BCUT2D eigenvalue weighted by molar-refractivity contribution is 5.92. The topological polar surface area (TPSA) is 64.3 Å². The summed E-state index contributed by atoms with van der Waals surface area (Å²) in [5, 5.41) is 2.95. The van der Waals surface area contributed by atoms with Gasteiger partial charge in [-0.3, -0.25) is 4.79 Å². The summed E-state index contributed by atoms with van der Waals surface area (Å²) in [4.78, 5) is 12.3. The van der Waals surface area contributed by atoms with Crippen molar-refractivity contribution in [3.8, 4) is 5.75 Å². The maximum absolute atomic E-state index is 12.3. The lowest BCUT2D eigenvalue weighted by Crippen LogP contribution is -2.20. The Morgan fingerprint density at radius 3 is 2.50 bits per heavy atom. The van der Waals surface area contributed by atoms with Crippen LogP contribution in [0.1, 0.15) is 25.3 Å². The molecule has 1 amide bonds. The minimum Gasteiger partial charge on any atom is -0.492 e. The smallest absolute Gasteiger partial charge is 0.227 e. The first-order valence-corrected chi connectivity index (χ1v) is 8.47. The molecule has 0 aliphatic heterocycles. The van der Waals surface area contributed by atoms with Gasteiger partial charge in [-0.2, -0.15) is 0 Å². The van der Waals surface area contributed by atoms with E-state index in [4.69, 9.17) is 10.5 Å². The molecule has 128 valence electrons. The quantitative estimate of drug-likeness (QED) is 0.740. The zero-order valence-electron chi connectivity index (χ0n) is 14.2. The largest absolute Gasteiger partial charge is 0.492 e. The van der Waals surface area contributed by atoms with Crippen LogP contribution in [0.5, 0.6) is 5.75 Å².